The van der Waals surface area contributed by atoms with E-state index in [2.05, 4.69) is 20.6 Å². The third-order valence-corrected chi connectivity index (χ3v) is 5.69. The van der Waals surface area contributed by atoms with Crippen molar-refractivity contribution in [3.8, 4) is 0 Å². The van der Waals surface area contributed by atoms with Gasteiger partial charge in [-0.05, 0) is 37.3 Å². The monoisotopic (exact) mass is 408 g/mol. The lowest BCUT2D eigenvalue weighted by molar-refractivity contribution is -0.115. The fourth-order valence-electron chi connectivity index (χ4n) is 2.69. The minimum Gasteiger partial charge on any atom is -0.326 e. The molecule has 140 valence electrons. The van der Waals surface area contributed by atoms with Gasteiger partial charge in [0.1, 0.15) is 0 Å². The Bertz CT molecular complexity index is 1150. The van der Waals surface area contributed by atoms with Crippen LogP contribution < -0.4 is 10.6 Å². The number of anilines is 2. The molecule has 0 saturated carbocycles. The fraction of sp³-hybridized carbons (Fsp3) is 0.100. The number of nitrogens with one attached hydrogen (secondary N) is 2. The Hall–Kier alpha value is -3.10. The molecule has 0 fully saturated rings. The smallest absolute Gasteiger partial charge is 0.257 e. The normalized spacial score (nSPS) is 10.8. The summed E-state index contributed by atoms with van der Waals surface area (Å²) in [5.74, 6) is -0.393. The maximum Gasteiger partial charge on any atom is 0.257 e. The molecule has 2 heterocycles. The number of hydrogen-bond acceptors (Lipinski definition) is 6. The summed E-state index contributed by atoms with van der Waals surface area (Å²) in [7, 11) is 0. The lowest BCUT2D eigenvalue weighted by Gasteiger charge is -2.04. The highest BCUT2D eigenvalue weighted by Crippen LogP contribution is 2.24. The van der Waals surface area contributed by atoms with Gasteiger partial charge < -0.3 is 5.32 Å². The van der Waals surface area contributed by atoms with E-state index in [-0.39, 0.29) is 18.2 Å². The van der Waals surface area contributed by atoms with Crippen molar-refractivity contribution in [1.29, 1.82) is 0 Å². The molecule has 0 aliphatic carbocycles. The molecule has 28 heavy (non-hydrogen) atoms. The van der Waals surface area contributed by atoms with E-state index in [1.54, 1.807) is 41.0 Å². The summed E-state index contributed by atoms with van der Waals surface area (Å²) in [6, 6.07) is 14.6. The Morgan fingerprint density at radius 3 is 2.68 bits per heavy atom. The number of amides is 2. The number of aromatic nitrogens is 2. The quantitative estimate of drug-likeness (QED) is 0.509. The number of aryl methyl sites for hydroxylation is 1. The molecule has 2 aromatic heterocycles. The second kappa shape index (κ2) is 7.87. The van der Waals surface area contributed by atoms with Gasteiger partial charge in [-0.1, -0.05) is 18.2 Å². The van der Waals surface area contributed by atoms with E-state index in [9.17, 15) is 9.59 Å². The van der Waals surface area contributed by atoms with Crippen molar-refractivity contribution in [2.24, 2.45) is 0 Å². The molecule has 0 saturated heterocycles. The number of rotatable bonds is 5. The Balaban J connectivity index is 1.37. The average molecular weight is 409 g/mol. The number of thiazole rings is 2. The van der Waals surface area contributed by atoms with Crippen LogP contribution in [0.15, 0.2) is 53.9 Å². The zero-order valence-corrected chi connectivity index (χ0v) is 16.6. The van der Waals surface area contributed by atoms with Gasteiger partial charge in [0, 0.05) is 16.6 Å². The number of nitrogens with zero attached hydrogens (tertiary/aromatic N) is 2. The van der Waals surface area contributed by atoms with E-state index < -0.39 is 0 Å². The van der Waals surface area contributed by atoms with E-state index in [1.165, 1.54) is 11.3 Å². The number of carbonyl (C=O) groups excluding carboxylic acids is 2. The number of carbonyl (C=O) groups is 2. The van der Waals surface area contributed by atoms with Crippen molar-refractivity contribution in [3.05, 3.63) is 70.2 Å². The van der Waals surface area contributed by atoms with Crippen LogP contribution in [0, 0.1) is 6.92 Å². The van der Waals surface area contributed by atoms with Gasteiger partial charge in [-0.15, -0.1) is 22.7 Å². The van der Waals surface area contributed by atoms with Crippen LogP contribution in [0.1, 0.15) is 21.1 Å². The average Bonchev–Trinajstić information content (AvgIpc) is 3.27. The third-order valence-electron chi connectivity index (χ3n) is 3.93. The van der Waals surface area contributed by atoms with Crippen molar-refractivity contribution in [1.82, 2.24) is 9.97 Å². The van der Waals surface area contributed by atoms with Gasteiger partial charge in [0.2, 0.25) is 5.91 Å². The van der Waals surface area contributed by atoms with Gasteiger partial charge in [-0.3, -0.25) is 14.9 Å². The predicted octanol–water partition coefficient (Wildman–Crippen LogP) is 4.49. The molecule has 0 spiro atoms. The fourth-order valence-corrected chi connectivity index (χ4v) is 4.21. The second-order valence-electron chi connectivity index (χ2n) is 6.10. The summed E-state index contributed by atoms with van der Waals surface area (Å²) in [4.78, 5) is 33.3. The van der Waals surface area contributed by atoms with Gasteiger partial charge in [-0.2, -0.15) is 0 Å². The van der Waals surface area contributed by atoms with Crippen LogP contribution in [0.25, 0.3) is 10.2 Å². The lowest BCUT2D eigenvalue weighted by Crippen LogP contribution is -2.15. The molecule has 4 rings (SSSR count). The van der Waals surface area contributed by atoms with Crippen LogP contribution in [0.4, 0.5) is 10.8 Å². The summed E-state index contributed by atoms with van der Waals surface area (Å²) < 4.78 is 1.09. The standard InChI is InChI=1S/C20H16N4O2S2/c1-12-21-16-9-14(7-8-17(16)28-12)22-18(25)10-15-11-27-20(23-15)24-19(26)13-5-3-2-4-6-13/h2-9,11H,10H2,1H3,(H,22,25)(H,23,24,26). The van der Waals surface area contributed by atoms with Crippen LogP contribution in [-0.2, 0) is 11.2 Å². The highest BCUT2D eigenvalue weighted by molar-refractivity contribution is 7.18. The lowest BCUT2D eigenvalue weighted by atomic mass is 10.2. The zero-order valence-electron chi connectivity index (χ0n) is 14.9. The molecule has 0 bridgehead atoms. The van der Waals surface area contributed by atoms with Gasteiger partial charge in [-0.25, -0.2) is 9.97 Å². The Labute approximate surface area is 169 Å². The minimum absolute atomic E-state index is 0.131. The van der Waals surface area contributed by atoms with E-state index in [4.69, 9.17) is 0 Å². The van der Waals surface area contributed by atoms with Crippen molar-refractivity contribution in [2.75, 3.05) is 10.6 Å². The maximum absolute atomic E-state index is 12.3. The van der Waals surface area contributed by atoms with Crippen LogP contribution in [0.5, 0.6) is 0 Å². The molecule has 0 unspecified atom stereocenters. The first-order valence-corrected chi connectivity index (χ1v) is 10.2. The molecule has 0 radical (unpaired) electrons. The molecular formula is C20H16N4O2S2. The molecule has 0 aliphatic rings. The molecule has 0 atom stereocenters. The highest BCUT2D eigenvalue weighted by atomic mass is 32.1. The second-order valence-corrected chi connectivity index (χ2v) is 8.20. The Morgan fingerprint density at radius 1 is 1.04 bits per heavy atom. The third kappa shape index (κ3) is 4.24. The number of fused-ring (bicyclic) bond motifs is 1. The highest BCUT2D eigenvalue weighted by Gasteiger charge is 2.12. The number of hydrogen-bond donors (Lipinski definition) is 2. The van der Waals surface area contributed by atoms with Gasteiger partial charge in [0.05, 0.1) is 27.3 Å². The molecule has 6 nitrogen and oxygen atoms in total. The molecule has 2 aromatic carbocycles. The van der Waals surface area contributed by atoms with Gasteiger partial charge in [0.15, 0.2) is 5.13 Å². The van der Waals surface area contributed by atoms with Gasteiger partial charge in [0.25, 0.3) is 5.91 Å². The van der Waals surface area contributed by atoms with Crippen LogP contribution in [0.2, 0.25) is 0 Å². The van der Waals surface area contributed by atoms with E-state index in [0.717, 1.165) is 15.2 Å². The summed E-state index contributed by atoms with van der Waals surface area (Å²) in [5, 5.41) is 8.86. The minimum atomic E-state index is -0.224. The maximum atomic E-state index is 12.3. The van der Waals surface area contributed by atoms with Crippen LogP contribution in [0.3, 0.4) is 0 Å². The Kier molecular flexibility index (Phi) is 5.14. The molecule has 2 amide bonds. The SMILES string of the molecule is Cc1nc2cc(NC(=O)Cc3csc(NC(=O)c4ccccc4)n3)ccc2s1. The van der Waals surface area contributed by atoms with Crippen molar-refractivity contribution >= 4 is 55.5 Å². The summed E-state index contributed by atoms with van der Waals surface area (Å²) in [5.41, 5.74) is 2.75. The molecular weight excluding hydrogens is 392 g/mol. The first kappa shape index (κ1) is 18.3. The van der Waals surface area contributed by atoms with Crippen molar-refractivity contribution < 1.29 is 9.59 Å². The van der Waals surface area contributed by atoms with Crippen molar-refractivity contribution in [2.45, 2.75) is 13.3 Å². The van der Waals surface area contributed by atoms with E-state index in [1.807, 2.05) is 31.2 Å². The molecule has 4 aromatic rings. The van der Waals surface area contributed by atoms with E-state index in [0.29, 0.717) is 22.1 Å². The molecule has 2 N–H and O–H groups in total. The van der Waals surface area contributed by atoms with Crippen LogP contribution in [-0.4, -0.2) is 21.8 Å². The first-order chi connectivity index (χ1) is 13.6. The number of benzene rings is 2. The molecule has 8 heteroatoms. The van der Waals surface area contributed by atoms with Gasteiger partial charge >= 0.3 is 0 Å². The van der Waals surface area contributed by atoms with Crippen molar-refractivity contribution in [3.63, 3.8) is 0 Å². The topological polar surface area (TPSA) is 84.0 Å². The largest absolute Gasteiger partial charge is 0.326 e. The van der Waals surface area contributed by atoms with Crippen LogP contribution >= 0.6 is 22.7 Å². The summed E-state index contributed by atoms with van der Waals surface area (Å²) in [6.45, 7) is 1.96. The Morgan fingerprint density at radius 2 is 1.86 bits per heavy atom. The molecule has 0 aliphatic heterocycles. The summed E-state index contributed by atoms with van der Waals surface area (Å²) >= 11 is 2.92. The first-order valence-electron chi connectivity index (χ1n) is 8.55. The summed E-state index contributed by atoms with van der Waals surface area (Å²) in [6.07, 6.45) is 0.131. The predicted molar refractivity (Wildman–Crippen MR) is 113 cm³/mol. The van der Waals surface area contributed by atoms with E-state index >= 15 is 0 Å². The zero-order chi connectivity index (χ0) is 19.5.